The lowest BCUT2D eigenvalue weighted by atomic mass is 9.83. The summed E-state index contributed by atoms with van der Waals surface area (Å²) in [5.74, 6) is 0.691. The quantitative estimate of drug-likeness (QED) is 0.276. The first-order valence-corrected chi connectivity index (χ1v) is 8.89. The van der Waals surface area contributed by atoms with Crippen LogP contribution in [0.1, 0.15) is 91.9 Å². The molecule has 0 rings (SSSR count). The molecule has 0 heterocycles. The Morgan fingerprint density at radius 3 is 2.10 bits per heavy atom. The van der Waals surface area contributed by atoms with Gasteiger partial charge in [0.05, 0.1) is 5.60 Å². The number of hydrogen-bond acceptors (Lipinski definition) is 1. The smallest absolute Gasteiger partial charge is 0.0679 e. The van der Waals surface area contributed by atoms with E-state index in [9.17, 15) is 0 Å². The van der Waals surface area contributed by atoms with Crippen molar-refractivity contribution < 1.29 is 4.74 Å². The first kappa shape index (κ1) is 19.7. The summed E-state index contributed by atoms with van der Waals surface area (Å²) in [6.07, 6.45) is 17.5. The van der Waals surface area contributed by atoms with Crippen molar-refractivity contribution in [2.75, 3.05) is 7.11 Å². The van der Waals surface area contributed by atoms with E-state index >= 15 is 0 Å². The summed E-state index contributed by atoms with van der Waals surface area (Å²) in [4.78, 5) is 0. The molecule has 0 fully saturated rings. The van der Waals surface area contributed by atoms with Crippen molar-refractivity contribution in [2.45, 2.75) is 97.5 Å². The van der Waals surface area contributed by atoms with Crippen LogP contribution >= 0.6 is 0 Å². The van der Waals surface area contributed by atoms with Crippen molar-refractivity contribution in [3.8, 4) is 0 Å². The Hall–Kier alpha value is -0.300. The molecule has 0 spiro atoms. The zero-order valence-corrected chi connectivity index (χ0v) is 14.7. The molecule has 0 aliphatic rings. The fraction of sp³-hybridized carbons (Fsp3) is 0.895. The Morgan fingerprint density at radius 2 is 1.60 bits per heavy atom. The van der Waals surface area contributed by atoms with Crippen molar-refractivity contribution in [1.82, 2.24) is 0 Å². The van der Waals surface area contributed by atoms with Gasteiger partial charge in [0.15, 0.2) is 0 Å². The molecule has 0 saturated carbocycles. The molecule has 1 nitrogen and oxygen atoms in total. The highest BCUT2D eigenvalue weighted by molar-refractivity contribution is 4.93. The van der Waals surface area contributed by atoms with Crippen molar-refractivity contribution in [3.05, 3.63) is 12.2 Å². The molecular weight excluding hydrogens is 244 g/mol. The summed E-state index contributed by atoms with van der Waals surface area (Å²) < 4.78 is 5.86. The van der Waals surface area contributed by atoms with Gasteiger partial charge in [-0.15, -0.1) is 0 Å². The SMILES string of the molecule is CCC=CC(CCCCCCC)CC(CC)(CC)OC. The average molecular weight is 283 g/mol. The Balaban J connectivity index is 4.36. The summed E-state index contributed by atoms with van der Waals surface area (Å²) in [6.45, 7) is 9.02. The predicted octanol–water partition coefficient (Wildman–Crippen LogP) is 6.52. The monoisotopic (exact) mass is 282 g/mol. The van der Waals surface area contributed by atoms with Crippen LogP contribution in [0.5, 0.6) is 0 Å². The number of allylic oxidation sites excluding steroid dienone is 2. The van der Waals surface area contributed by atoms with Gasteiger partial charge < -0.3 is 4.74 Å². The zero-order chi connectivity index (χ0) is 15.3. The van der Waals surface area contributed by atoms with Crippen molar-refractivity contribution in [2.24, 2.45) is 5.92 Å². The van der Waals surface area contributed by atoms with Gasteiger partial charge in [0.1, 0.15) is 0 Å². The maximum atomic E-state index is 5.86. The van der Waals surface area contributed by atoms with Crippen LogP contribution in [0.4, 0.5) is 0 Å². The van der Waals surface area contributed by atoms with Crippen LogP contribution in [0.2, 0.25) is 0 Å². The fourth-order valence-electron chi connectivity index (χ4n) is 2.99. The van der Waals surface area contributed by atoms with E-state index in [0.29, 0.717) is 5.92 Å². The second-order valence-corrected chi connectivity index (χ2v) is 6.10. The summed E-state index contributed by atoms with van der Waals surface area (Å²) in [7, 11) is 1.88. The van der Waals surface area contributed by atoms with Crippen LogP contribution in [-0.2, 0) is 4.74 Å². The normalized spacial score (nSPS) is 14.1. The molecule has 0 aromatic heterocycles. The molecule has 0 aromatic carbocycles. The van der Waals surface area contributed by atoms with Gasteiger partial charge in [-0.05, 0) is 38.0 Å². The van der Waals surface area contributed by atoms with Crippen molar-refractivity contribution in [1.29, 1.82) is 0 Å². The third-order valence-electron chi connectivity index (χ3n) is 4.68. The first-order valence-electron chi connectivity index (χ1n) is 8.89. The molecule has 1 atom stereocenters. The Bertz CT molecular complexity index is 220. The molecule has 0 saturated heterocycles. The van der Waals surface area contributed by atoms with Crippen LogP contribution in [0, 0.1) is 5.92 Å². The molecule has 1 heteroatoms. The molecule has 120 valence electrons. The molecule has 0 aliphatic heterocycles. The molecular formula is C19H38O. The minimum atomic E-state index is 0.0895. The maximum Gasteiger partial charge on any atom is 0.0679 e. The van der Waals surface area contributed by atoms with E-state index < -0.39 is 0 Å². The number of ether oxygens (including phenoxy) is 1. The Morgan fingerprint density at radius 1 is 0.950 bits per heavy atom. The highest BCUT2D eigenvalue weighted by Crippen LogP contribution is 2.31. The highest BCUT2D eigenvalue weighted by atomic mass is 16.5. The van der Waals surface area contributed by atoms with E-state index in [4.69, 9.17) is 4.74 Å². The van der Waals surface area contributed by atoms with Gasteiger partial charge in [-0.3, -0.25) is 0 Å². The van der Waals surface area contributed by atoms with Gasteiger partial charge in [-0.2, -0.15) is 0 Å². The molecule has 0 radical (unpaired) electrons. The number of methoxy groups -OCH3 is 1. The molecule has 20 heavy (non-hydrogen) atoms. The van der Waals surface area contributed by atoms with E-state index in [-0.39, 0.29) is 5.60 Å². The molecule has 0 N–H and O–H groups in total. The third kappa shape index (κ3) is 8.09. The Labute approximate surface area is 128 Å². The zero-order valence-electron chi connectivity index (χ0n) is 14.7. The van der Waals surface area contributed by atoms with Gasteiger partial charge in [-0.25, -0.2) is 0 Å². The lowest BCUT2D eigenvalue weighted by Gasteiger charge is -2.33. The summed E-state index contributed by atoms with van der Waals surface area (Å²) in [5, 5.41) is 0. The van der Waals surface area contributed by atoms with E-state index in [0.717, 1.165) is 19.3 Å². The second-order valence-electron chi connectivity index (χ2n) is 6.10. The lowest BCUT2D eigenvalue weighted by molar-refractivity contribution is -0.0325. The van der Waals surface area contributed by atoms with Gasteiger partial charge in [0.2, 0.25) is 0 Å². The number of rotatable bonds is 13. The van der Waals surface area contributed by atoms with E-state index in [2.05, 4.69) is 39.8 Å². The summed E-state index contributed by atoms with van der Waals surface area (Å²) in [6, 6.07) is 0. The van der Waals surface area contributed by atoms with Gasteiger partial charge >= 0.3 is 0 Å². The minimum Gasteiger partial charge on any atom is -0.378 e. The van der Waals surface area contributed by atoms with E-state index in [1.54, 1.807) is 0 Å². The van der Waals surface area contributed by atoms with Crippen LogP contribution < -0.4 is 0 Å². The number of unbranched alkanes of at least 4 members (excludes halogenated alkanes) is 4. The molecule has 0 bridgehead atoms. The first-order chi connectivity index (χ1) is 9.67. The summed E-state index contributed by atoms with van der Waals surface area (Å²) in [5.41, 5.74) is 0.0895. The minimum absolute atomic E-state index is 0.0895. The van der Waals surface area contributed by atoms with Crippen LogP contribution in [0.3, 0.4) is 0 Å². The molecule has 0 aliphatic carbocycles. The third-order valence-corrected chi connectivity index (χ3v) is 4.68. The van der Waals surface area contributed by atoms with Gasteiger partial charge in [-0.1, -0.05) is 72.0 Å². The van der Waals surface area contributed by atoms with Crippen LogP contribution in [-0.4, -0.2) is 12.7 Å². The largest absolute Gasteiger partial charge is 0.378 e. The lowest BCUT2D eigenvalue weighted by Crippen LogP contribution is -2.32. The van der Waals surface area contributed by atoms with E-state index in [1.807, 2.05) is 7.11 Å². The fourth-order valence-corrected chi connectivity index (χ4v) is 2.99. The van der Waals surface area contributed by atoms with E-state index in [1.165, 1.54) is 44.9 Å². The second kappa shape index (κ2) is 12.4. The standard InChI is InChI=1S/C19H38O/c1-6-10-12-13-14-16-18(15-11-7-2)17-19(8-3,9-4)20-5/h11,15,18H,6-10,12-14,16-17H2,1-5H3. The molecule has 0 amide bonds. The highest BCUT2D eigenvalue weighted by Gasteiger charge is 2.28. The topological polar surface area (TPSA) is 9.23 Å². The van der Waals surface area contributed by atoms with Gasteiger partial charge in [0, 0.05) is 7.11 Å². The van der Waals surface area contributed by atoms with Crippen molar-refractivity contribution in [3.63, 3.8) is 0 Å². The van der Waals surface area contributed by atoms with Gasteiger partial charge in [0.25, 0.3) is 0 Å². The number of hydrogen-bond donors (Lipinski definition) is 0. The average Bonchev–Trinajstić information content (AvgIpc) is 2.49. The predicted molar refractivity (Wildman–Crippen MR) is 91.2 cm³/mol. The van der Waals surface area contributed by atoms with Crippen molar-refractivity contribution >= 4 is 0 Å². The van der Waals surface area contributed by atoms with Crippen LogP contribution in [0.25, 0.3) is 0 Å². The molecule has 0 aromatic rings. The molecule has 1 unspecified atom stereocenters. The Kier molecular flexibility index (Phi) is 12.3. The van der Waals surface area contributed by atoms with Crippen LogP contribution in [0.15, 0.2) is 12.2 Å². The maximum absolute atomic E-state index is 5.86. The summed E-state index contributed by atoms with van der Waals surface area (Å²) >= 11 is 0.